The van der Waals surface area contributed by atoms with E-state index in [9.17, 15) is 0 Å². The maximum absolute atomic E-state index is 4.44. The monoisotopic (exact) mass is 270 g/mol. The van der Waals surface area contributed by atoms with Gasteiger partial charge in [0.25, 0.3) is 0 Å². The van der Waals surface area contributed by atoms with Gasteiger partial charge in [-0.25, -0.2) is 4.98 Å². The minimum Gasteiger partial charge on any atom is -0.369 e. The van der Waals surface area contributed by atoms with Crippen LogP contribution in [0, 0.1) is 0 Å². The van der Waals surface area contributed by atoms with Crippen molar-refractivity contribution in [3.05, 3.63) is 12.3 Å². The van der Waals surface area contributed by atoms with E-state index in [1.807, 2.05) is 36.8 Å². The van der Waals surface area contributed by atoms with E-state index >= 15 is 0 Å². The molecule has 94 valence electrons. The number of hydrogen-bond acceptors (Lipinski definition) is 6. The second-order valence-corrected chi connectivity index (χ2v) is 6.64. The van der Waals surface area contributed by atoms with Crippen LogP contribution in [0.15, 0.2) is 12.3 Å². The summed E-state index contributed by atoms with van der Waals surface area (Å²) in [5.74, 6) is 5.47. The zero-order chi connectivity index (χ0) is 12.1. The van der Waals surface area contributed by atoms with Crippen LogP contribution in [-0.4, -0.2) is 53.1 Å². The molecule has 2 rings (SSSR count). The number of anilines is 2. The van der Waals surface area contributed by atoms with E-state index in [4.69, 9.17) is 0 Å². The Morgan fingerprint density at radius 1 is 1.47 bits per heavy atom. The summed E-state index contributed by atoms with van der Waals surface area (Å²) in [7, 11) is 3.90. The molecule has 1 fully saturated rings. The smallest absolute Gasteiger partial charge is 0.226 e. The van der Waals surface area contributed by atoms with E-state index in [1.54, 1.807) is 6.20 Å². The van der Waals surface area contributed by atoms with Crippen LogP contribution in [0.25, 0.3) is 0 Å². The van der Waals surface area contributed by atoms with Gasteiger partial charge in [-0.3, -0.25) is 0 Å². The van der Waals surface area contributed by atoms with E-state index in [0.717, 1.165) is 18.3 Å². The van der Waals surface area contributed by atoms with Crippen LogP contribution >= 0.6 is 23.5 Å². The minimum atomic E-state index is 0.700. The molecule has 0 spiro atoms. The molecule has 1 aromatic heterocycles. The Morgan fingerprint density at radius 3 is 3.06 bits per heavy atom. The molecular formula is C11H18N4S2. The molecule has 17 heavy (non-hydrogen) atoms. The van der Waals surface area contributed by atoms with Gasteiger partial charge in [-0.05, 0) is 6.07 Å². The van der Waals surface area contributed by atoms with Gasteiger partial charge in [-0.1, -0.05) is 0 Å². The number of rotatable bonds is 4. The van der Waals surface area contributed by atoms with Gasteiger partial charge in [0, 0.05) is 49.3 Å². The van der Waals surface area contributed by atoms with Gasteiger partial charge in [0.15, 0.2) is 0 Å². The zero-order valence-corrected chi connectivity index (χ0v) is 11.9. The summed E-state index contributed by atoms with van der Waals surface area (Å²) in [5.41, 5.74) is 0. The van der Waals surface area contributed by atoms with Gasteiger partial charge in [0.2, 0.25) is 5.95 Å². The van der Waals surface area contributed by atoms with Crippen molar-refractivity contribution in [1.82, 2.24) is 9.97 Å². The predicted octanol–water partition coefficient (Wildman–Crippen LogP) is 1.80. The molecule has 0 bridgehead atoms. The zero-order valence-electron chi connectivity index (χ0n) is 10.2. The van der Waals surface area contributed by atoms with Gasteiger partial charge >= 0.3 is 0 Å². The molecule has 1 aliphatic rings. The van der Waals surface area contributed by atoms with Crippen molar-refractivity contribution in [3.8, 4) is 0 Å². The van der Waals surface area contributed by atoms with Crippen LogP contribution in [0.2, 0.25) is 0 Å². The fourth-order valence-electron chi connectivity index (χ4n) is 1.54. The molecule has 0 saturated carbocycles. The lowest BCUT2D eigenvalue weighted by Gasteiger charge is -2.21. The number of nitrogens with zero attached hydrogens (tertiary/aromatic N) is 3. The molecule has 0 aliphatic carbocycles. The van der Waals surface area contributed by atoms with Gasteiger partial charge in [0.05, 0.1) is 0 Å². The predicted molar refractivity (Wildman–Crippen MR) is 78.4 cm³/mol. The molecule has 0 radical (unpaired) electrons. The number of thioether (sulfide) groups is 2. The molecule has 0 amide bonds. The van der Waals surface area contributed by atoms with Crippen molar-refractivity contribution in [3.63, 3.8) is 0 Å². The van der Waals surface area contributed by atoms with Crippen molar-refractivity contribution >= 4 is 35.3 Å². The highest BCUT2D eigenvalue weighted by molar-refractivity contribution is 8.06. The fourth-order valence-corrected chi connectivity index (χ4v) is 4.15. The van der Waals surface area contributed by atoms with Crippen molar-refractivity contribution in [1.29, 1.82) is 0 Å². The van der Waals surface area contributed by atoms with Crippen LogP contribution in [0.3, 0.4) is 0 Å². The lowest BCUT2D eigenvalue weighted by molar-refractivity contribution is 0.964. The number of hydrogen-bond donors (Lipinski definition) is 1. The fraction of sp³-hybridized carbons (Fsp3) is 0.636. The highest BCUT2D eigenvalue weighted by atomic mass is 32.2. The molecule has 1 saturated heterocycles. The first-order valence-electron chi connectivity index (χ1n) is 5.69. The Kier molecular flexibility index (Phi) is 4.79. The lowest BCUT2D eigenvalue weighted by atomic mass is 10.4. The molecule has 2 heterocycles. The Hall–Kier alpha value is -0.620. The maximum atomic E-state index is 4.44. The summed E-state index contributed by atoms with van der Waals surface area (Å²) < 4.78 is 0. The number of aromatic nitrogens is 2. The Balaban J connectivity index is 1.87. The van der Waals surface area contributed by atoms with Crippen LogP contribution in [0.5, 0.6) is 0 Å². The lowest BCUT2D eigenvalue weighted by Crippen LogP contribution is -2.24. The topological polar surface area (TPSA) is 41.1 Å². The van der Waals surface area contributed by atoms with E-state index in [2.05, 4.69) is 27.0 Å². The largest absolute Gasteiger partial charge is 0.369 e. The van der Waals surface area contributed by atoms with Crippen LogP contribution < -0.4 is 10.2 Å². The molecule has 1 aliphatic heterocycles. The highest BCUT2D eigenvalue weighted by Gasteiger charge is 2.14. The van der Waals surface area contributed by atoms with Gasteiger partial charge < -0.3 is 10.2 Å². The first-order chi connectivity index (χ1) is 8.25. The van der Waals surface area contributed by atoms with Gasteiger partial charge in [-0.2, -0.15) is 28.5 Å². The minimum absolute atomic E-state index is 0.700. The second kappa shape index (κ2) is 6.35. The molecule has 1 unspecified atom stereocenters. The average molecular weight is 270 g/mol. The molecule has 6 heteroatoms. The molecule has 1 aromatic rings. The molecule has 1 atom stereocenters. The highest BCUT2D eigenvalue weighted by Crippen LogP contribution is 2.24. The summed E-state index contributed by atoms with van der Waals surface area (Å²) >= 11 is 4.10. The van der Waals surface area contributed by atoms with Gasteiger partial charge in [0.1, 0.15) is 5.82 Å². The van der Waals surface area contributed by atoms with Crippen molar-refractivity contribution in [2.24, 2.45) is 0 Å². The van der Waals surface area contributed by atoms with Crippen LogP contribution in [0.1, 0.15) is 0 Å². The molecule has 1 N–H and O–H groups in total. The summed E-state index contributed by atoms with van der Waals surface area (Å²) in [6, 6.07) is 1.92. The first-order valence-corrected chi connectivity index (χ1v) is 7.89. The maximum Gasteiger partial charge on any atom is 0.226 e. The summed E-state index contributed by atoms with van der Waals surface area (Å²) in [5, 5.41) is 4.10. The molecular weight excluding hydrogens is 252 g/mol. The summed E-state index contributed by atoms with van der Waals surface area (Å²) in [6.07, 6.45) is 1.80. The van der Waals surface area contributed by atoms with Crippen LogP contribution in [0.4, 0.5) is 11.8 Å². The Morgan fingerprint density at radius 2 is 2.35 bits per heavy atom. The third-order valence-corrected chi connectivity index (χ3v) is 5.28. The van der Waals surface area contributed by atoms with E-state index in [0.29, 0.717) is 5.25 Å². The van der Waals surface area contributed by atoms with E-state index in [-0.39, 0.29) is 0 Å². The third kappa shape index (κ3) is 3.96. The first kappa shape index (κ1) is 12.8. The molecule has 0 aromatic carbocycles. The third-order valence-electron chi connectivity index (χ3n) is 2.44. The van der Waals surface area contributed by atoms with Crippen molar-refractivity contribution < 1.29 is 0 Å². The van der Waals surface area contributed by atoms with Crippen molar-refractivity contribution in [2.45, 2.75) is 5.25 Å². The molecule has 4 nitrogen and oxygen atoms in total. The van der Waals surface area contributed by atoms with E-state index < -0.39 is 0 Å². The van der Waals surface area contributed by atoms with E-state index in [1.165, 1.54) is 17.3 Å². The Bertz CT molecular complexity index is 353. The SMILES string of the molecule is CN(C)c1nccc(NCC2CSCCS2)n1. The average Bonchev–Trinajstić information content (AvgIpc) is 2.38. The summed E-state index contributed by atoms with van der Waals surface area (Å²) in [6.45, 7) is 0.988. The standard InChI is InChI=1S/C11H18N4S2/c1-15(2)11-12-4-3-10(14-11)13-7-9-8-16-5-6-17-9/h3-4,9H,5-8H2,1-2H3,(H,12,13,14). The van der Waals surface area contributed by atoms with Crippen molar-refractivity contribution in [2.75, 3.05) is 48.1 Å². The number of nitrogens with one attached hydrogen (secondary N) is 1. The van der Waals surface area contributed by atoms with Gasteiger partial charge in [-0.15, -0.1) is 0 Å². The quantitative estimate of drug-likeness (QED) is 0.900. The normalized spacial score (nSPS) is 20.0. The Labute approximate surface area is 111 Å². The second-order valence-electron chi connectivity index (χ2n) is 4.08. The summed E-state index contributed by atoms with van der Waals surface area (Å²) in [4.78, 5) is 10.6. The van der Waals surface area contributed by atoms with Crippen LogP contribution in [-0.2, 0) is 0 Å².